The van der Waals surface area contributed by atoms with Gasteiger partial charge in [0, 0.05) is 30.5 Å². The van der Waals surface area contributed by atoms with Crippen molar-refractivity contribution in [1.82, 2.24) is 15.0 Å². The normalized spacial score (nSPS) is 13.3. The van der Waals surface area contributed by atoms with E-state index in [9.17, 15) is 4.79 Å². The molecule has 0 atom stereocenters. The molecule has 5 rings (SSSR count). The van der Waals surface area contributed by atoms with Gasteiger partial charge >= 0.3 is 6.03 Å². The number of thiazole rings is 1. The molecule has 0 spiro atoms. The molecule has 2 aromatic carbocycles. The van der Waals surface area contributed by atoms with Crippen molar-refractivity contribution < 1.29 is 18.7 Å². The molecule has 0 unspecified atom stereocenters. The van der Waals surface area contributed by atoms with Gasteiger partial charge in [0.15, 0.2) is 10.9 Å². The van der Waals surface area contributed by atoms with Gasteiger partial charge in [-0.25, -0.2) is 24.1 Å². The van der Waals surface area contributed by atoms with Crippen LogP contribution in [-0.4, -0.2) is 54.4 Å². The Balaban J connectivity index is 1.46. The molecule has 0 bridgehead atoms. The van der Waals surface area contributed by atoms with Crippen molar-refractivity contribution in [3.05, 3.63) is 60.5 Å². The van der Waals surface area contributed by atoms with Crippen LogP contribution in [0, 0.1) is 5.82 Å². The molecule has 2 aromatic heterocycles. The third-order valence-electron chi connectivity index (χ3n) is 5.65. The van der Waals surface area contributed by atoms with Crippen LogP contribution in [0.5, 0.6) is 5.75 Å². The number of amides is 2. The number of urea groups is 1. The Labute approximate surface area is 216 Å². The van der Waals surface area contributed by atoms with Crippen molar-refractivity contribution in [2.75, 3.05) is 54.7 Å². The summed E-state index contributed by atoms with van der Waals surface area (Å²) in [6.45, 7) is 2.52. The molecule has 2 amide bonds. The minimum atomic E-state index is -0.590. The molecule has 1 aliphatic heterocycles. The molecule has 12 heteroatoms. The van der Waals surface area contributed by atoms with Crippen LogP contribution in [0.1, 0.15) is 0 Å². The summed E-state index contributed by atoms with van der Waals surface area (Å²) >= 11 is 1.35. The van der Waals surface area contributed by atoms with E-state index in [0.29, 0.717) is 54.0 Å². The van der Waals surface area contributed by atoms with Gasteiger partial charge in [-0.1, -0.05) is 23.5 Å². The second-order valence-electron chi connectivity index (χ2n) is 8.05. The van der Waals surface area contributed by atoms with E-state index in [1.807, 2.05) is 0 Å². The highest BCUT2D eigenvalue weighted by molar-refractivity contribution is 7.19. The molecular weight excluding hydrogens is 497 g/mol. The summed E-state index contributed by atoms with van der Waals surface area (Å²) in [5.74, 6) is 0.162. The van der Waals surface area contributed by atoms with Crippen molar-refractivity contribution in [2.24, 2.45) is 0 Å². The maximum absolute atomic E-state index is 15.8. The first-order chi connectivity index (χ1) is 18.0. The van der Waals surface area contributed by atoms with E-state index in [1.165, 1.54) is 23.6 Å². The summed E-state index contributed by atoms with van der Waals surface area (Å²) in [5.41, 5.74) is 7.63. The van der Waals surface area contributed by atoms with Gasteiger partial charge in [0.25, 0.3) is 0 Å². The number of carbonyl (C=O) groups is 1. The molecule has 1 aliphatic rings. The van der Waals surface area contributed by atoms with Gasteiger partial charge in [0.1, 0.15) is 11.4 Å². The predicted molar refractivity (Wildman–Crippen MR) is 142 cm³/mol. The molecule has 0 saturated carbocycles. The minimum absolute atomic E-state index is 0.0259. The van der Waals surface area contributed by atoms with Crippen LogP contribution < -0.4 is 26.0 Å². The second-order valence-corrected chi connectivity index (χ2v) is 9.03. The van der Waals surface area contributed by atoms with Crippen LogP contribution >= 0.6 is 11.3 Å². The van der Waals surface area contributed by atoms with E-state index in [0.717, 1.165) is 5.13 Å². The number of halogens is 1. The van der Waals surface area contributed by atoms with E-state index in [1.54, 1.807) is 49.6 Å². The number of ether oxygens (including phenoxy) is 2. The van der Waals surface area contributed by atoms with Gasteiger partial charge in [-0.05, 0) is 36.4 Å². The highest BCUT2D eigenvalue weighted by atomic mass is 32.1. The number of nitrogens with two attached hydrogens (primary N) is 1. The summed E-state index contributed by atoms with van der Waals surface area (Å²) in [4.78, 5) is 28.3. The quantitative estimate of drug-likeness (QED) is 0.339. The summed E-state index contributed by atoms with van der Waals surface area (Å²) < 4.78 is 26.4. The smallest absolute Gasteiger partial charge is 0.323 e. The number of nitrogens with zero attached hydrogens (tertiary/aromatic N) is 4. The first kappa shape index (κ1) is 24.4. The van der Waals surface area contributed by atoms with Crippen LogP contribution in [0.3, 0.4) is 0 Å². The Morgan fingerprint density at radius 1 is 1.11 bits per heavy atom. The Morgan fingerprint density at radius 2 is 1.89 bits per heavy atom. The fourth-order valence-electron chi connectivity index (χ4n) is 3.82. The largest absolute Gasteiger partial charge is 0.497 e. The molecule has 1 fully saturated rings. The summed E-state index contributed by atoms with van der Waals surface area (Å²) in [7, 11) is 1.56. The van der Waals surface area contributed by atoms with Crippen LogP contribution in [0.2, 0.25) is 0 Å². The van der Waals surface area contributed by atoms with Crippen LogP contribution in [-0.2, 0) is 4.74 Å². The molecular formula is C25H24FN7O3S. The molecule has 10 nitrogen and oxygen atoms in total. The van der Waals surface area contributed by atoms with Crippen LogP contribution in [0.25, 0.3) is 21.8 Å². The van der Waals surface area contributed by atoms with Gasteiger partial charge in [0.05, 0.1) is 36.6 Å². The fourth-order valence-corrected chi connectivity index (χ4v) is 4.97. The summed E-state index contributed by atoms with van der Waals surface area (Å²) in [6.07, 6.45) is 1.53. The van der Waals surface area contributed by atoms with Crippen molar-refractivity contribution in [1.29, 1.82) is 0 Å². The van der Waals surface area contributed by atoms with Crippen molar-refractivity contribution in [2.45, 2.75) is 0 Å². The topological polar surface area (TPSA) is 128 Å². The fraction of sp³-hybridized carbons (Fsp3) is 0.200. The Kier molecular flexibility index (Phi) is 7.10. The standard InChI is InChI=1S/C25H24FN7O3S/c1-35-16-7-5-15(6-8-16)29-24(34)31-18-4-2-3-17(20(18)26)22-21(19-9-10-28-23(27)30-19)32-25(37-22)33-11-13-36-14-12-33/h2-10H,11-14H2,1H3,(H2,27,28,30)(H2,29,31,34). The summed E-state index contributed by atoms with van der Waals surface area (Å²) in [5, 5.41) is 6.00. The highest BCUT2D eigenvalue weighted by Gasteiger charge is 2.24. The number of benzene rings is 2. The number of rotatable bonds is 6. The van der Waals surface area contributed by atoms with Crippen LogP contribution in [0.15, 0.2) is 54.7 Å². The molecule has 0 radical (unpaired) electrons. The zero-order valence-electron chi connectivity index (χ0n) is 19.9. The maximum atomic E-state index is 15.8. The third kappa shape index (κ3) is 5.44. The van der Waals surface area contributed by atoms with E-state index in [-0.39, 0.29) is 17.2 Å². The van der Waals surface area contributed by atoms with E-state index < -0.39 is 11.8 Å². The number of carbonyl (C=O) groups excluding carboxylic acids is 1. The van der Waals surface area contributed by atoms with Gasteiger partial charge in [-0.2, -0.15) is 0 Å². The maximum Gasteiger partial charge on any atom is 0.323 e. The zero-order chi connectivity index (χ0) is 25.8. The lowest BCUT2D eigenvalue weighted by Gasteiger charge is -2.26. The van der Waals surface area contributed by atoms with E-state index >= 15 is 4.39 Å². The van der Waals surface area contributed by atoms with Gasteiger partial charge < -0.3 is 30.7 Å². The number of nitrogens with one attached hydrogen (secondary N) is 2. The van der Waals surface area contributed by atoms with E-state index in [2.05, 4.69) is 25.5 Å². The summed E-state index contributed by atoms with van der Waals surface area (Å²) in [6, 6.07) is 12.7. The Morgan fingerprint density at radius 3 is 2.62 bits per heavy atom. The number of nitrogen functional groups attached to an aromatic ring is 1. The molecule has 0 aliphatic carbocycles. The van der Waals surface area contributed by atoms with Crippen LogP contribution in [0.4, 0.5) is 31.6 Å². The molecule has 4 N–H and O–H groups in total. The first-order valence-electron chi connectivity index (χ1n) is 11.4. The Bertz CT molecular complexity index is 1410. The predicted octanol–water partition coefficient (Wildman–Crippen LogP) is 4.48. The number of anilines is 4. The lowest BCUT2D eigenvalue weighted by molar-refractivity contribution is 0.122. The lowest BCUT2D eigenvalue weighted by atomic mass is 10.1. The number of morpholine rings is 1. The molecule has 1 saturated heterocycles. The zero-order valence-corrected chi connectivity index (χ0v) is 20.7. The second kappa shape index (κ2) is 10.8. The number of hydrogen-bond donors (Lipinski definition) is 3. The van der Waals surface area contributed by atoms with E-state index in [4.69, 9.17) is 20.2 Å². The monoisotopic (exact) mass is 521 g/mol. The molecule has 3 heterocycles. The number of methoxy groups -OCH3 is 1. The molecule has 4 aromatic rings. The highest BCUT2D eigenvalue weighted by Crippen LogP contribution is 2.42. The van der Waals surface area contributed by atoms with Gasteiger partial charge in [-0.15, -0.1) is 0 Å². The number of aromatic nitrogens is 3. The lowest BCUT2D eigenvalue weighted by Crippen LogP contribution is -2.36. The number of hydrogen-bond acceptors (Lipinski definition) is 9. The van der Waals surface area contributed by atoms with Gasteiger partial charge in [0.2, 0.25) is 5.95 Å². The SMILES string of the molecule is COc1ccc(NC(=O)Nc2cccc(-c3sc(N4CCOCC4)nc3-c3ccnc(N)n3)c2F)cc1. The third-order valence-corrected chi connectivity index (χ3v) is 6.80. The average Bonchev–Trinajstić information content (AvgIpc) is 3.36. The van der Waals surface area contributed by atoms with Crippen molar-refractivity contribution in [3.63, 3.8) is 0 Å². The van der Waals surface area contributed by atoms with Gasteiger partial charge in [-0.3, -0.25) is 0 Å². The van der Waals surface area contributed by atoms with Crippen molar-refractivity contribution in [3.8, 4) is 27.6 Å². The average molecular weight is 522 g/mol. The first-order valence-corrected chi connectivity index (χ1v) is 12.3. The Hall–Kier alpha value is -4.29. The molecule has 37 heavy (non-hydrogen) atoms. The molecule has 190 valence electrons. The van der Waals surface area contributed by atoms with Crippen molar-refractivity contribution >= 4 is 39.8 Å². The minimum Gasteiger partial charge on any atom is -0.497 e.